The van der Waals surface area contributed by atoms with Crippen LogP contribution in [0.3, 0.4) is 0 Å². The topological polar surface area (TPSA) is 8.17 Å². The summed E-state index contributed by atoms with van der Waals surface area (Å²) in [5.41, 5.74) is 16.3. The van der Waals surface area contributed by atoms with E-state index in [1.54, 1.807) is 0 Å². The summed E-state index contributed by atoms with van der Waals surface area (Å²) in [6, 6.07) is 92.7. The fraction of sp³-hybridized carbons (Fsp3) is 0. The van der Waals surface area contributed by atoms with Crippen molar-refractivity contribution in [2.75, 3.05) is 4.90 Å². The van der Waals surface area contributed by atoms with E-state index in [4.69, 9.17) is 0 Å². The van der Waals surface area contributed by atoms with Gasteiger partial charge in [0.05, 0.1) is 16.7 Å². The Kier molecular flexibility index (Phi) is 9.20. The van der Waals surface area contributed by atoms with Crippen LogP contribution in [0.25, 0.3) is 93.5 Å². The number of para-hydroxylation sites is 3. The Morgan fingerprint density at radius 3 is 1.62 bits per heavy atom. The van der Waals surface area contributed by atoms with E-state index in [1.165, 1.54) is 76.7 Å². The van der Waals surface area contributed by atoms with Gasteiger partial charge in [0, 0.05) is 33.4 Å². The van der Waals surface area contributed by atoms with Gasteiger partial charge in [-0.3, -0.25) is 0 Å². The minimum Gasteiger partial charge on any atom is -0.310 e. The largest absolute Gasteiger partial charge is 0.310 e. The van der Waals surface area contributed by atoms with E-state index in [0.29, 0.717) is 0 Å². The lowest BCUT2D eigenvalue weighted by molar-refractivity contribution is 1.18. The predicted octanol–water partition coefficient (Wildman–Crippen LogP) is 17.2. The summed E-state index contributed by atoms with van der Waals surface area (Å²) >= 11 is 0. The van der Waals surface area contributed by atoms with Crippen LogP contribution in [0.2, 0.25) is 0 Å². The van der Waals surface area contributed by atoms with Gasteiger partial charge in [0.1, 0.15) is 0 Å². The summed E-state index contributed by atoms with van der Waals surface area (Å²) in [5.74, 6) is 0. The van der Waals surface area contributed by atoms with Crippen LogP contribution in [0.1, 0.15) is 0 Å². The van der Waals surface area contributed by atoms with Crippen LogP contribution < -0.4 is 4.90 Å². The predicted molar refractivity (Wildman–Crippen MR) is 272 cm³/mol. The average Bonchev–Trinajstić information content (AvgIpc) is 3.72. The van der Waals surface area contributed by atoms with Crippen molar-refractivity contribution < 1.29 is 0 Å². The second-order valence-electron chi connectivity index (χ2n) is 16.5. The lowest BCUT2D eigenvalue weighted by Gasteiger charge is -2.28. The fourth-order valence-corrected chi connectivity index (χ4v) is 9.76. The average molecular weight is 815 g/mol. The molecule has 2 nitrogen and oxygen atoms in total. The van der Waals surface area contributed by atoms with E-state index >= 15 is 0 Å². The van der Waals surface area contributed by atoms with Crippen molar-refractivity contribution in [1.82, 2.24) is 4.57 Å². The van der Waals surface area contributed by atoms with Gasteiger partial charge >= 0.3 is 0 Å². The first-order chi connectivity index (χ1) is 31.7. The van der Waals surface area contributed by atoms with Gasteiger partial charge in [-0.25, -0.2) is 0 Å². The molecule has 12 rings (SSSR count). The summed E-state index contributed by atoms with van der Waals surface area (Å²) in [6.07, 6.45) is 0. The summed E-state index contributed by atoms with van der Waals surface area (Å²) < 4.78 is 2.39. The third-order valence-corrected chi connectivity index (χ3v) is 12.8. The van der Waals surface area contributed by atoms with Gasteiger partial charge in [0.2, 0.25) is 0 Å². The number of aromatic nitrogens is 1. The molecule has 0 spiro atoms. The Morgan fingerprint density at radius 2 is 0.812 bits per heavy atom. The first kappa shape index (κ1) is 37.3. The third kappa shape index (κ3) is 6.52. The molecule has 0 radical (unpaired) electrons. The maximum absolute atomic E-state index is 2.43. The molecule has 0 saturated heterocycles. The zero-order valence-corrected chi connectivity index (χ0v) is 35.1. The molecule has 12 aromatic rings. The molecule has 0 aliphatic carbocycles. The van der Waals surface area contributed by atoms with Gasteiger partial charge < -0.3 is 9.47 Å². The molecule has 0 amide bonds. The Bertz CT molecular complexity index is 3660. The van der Waals surface area contributed by atoms with E-state index in [1.807, 2.05) is 0 Å². The minimum atomic E-state index is 1.09. The third-order valence-electron chi connectivity index (χ3n) is 12.8. The second kappa shape index (κ2) is 15.8. The lowest BCUT2D eigenvalue weighted by Crippen LogP contribution is -2.11. The molecule has 11 aromatic carbocycles. The van der Waals surface area contributed by atoms with Crippen molar-refractivity contribution in [3.8, 4) is 50.2 Å². The minimum absolute atomic E-state index is 1.09. The molecule has 300 valence electrons. The highest BCUT2D eigenvalue weighted by molar-refractivity contribution is 6.16. The molecule has 64 heavy (non-hydrogen) atoms. The Balaban J connectivity index is 1.00. The highest BCUT2D eigenvalue weighted by Crippen LogP contribution is 2.45. The summed E-state index contributed by atoms with van der Waals surface area (Å²) in [6.45, 7) is 0. The molecule has 2 heteroatoms. The van der Waals surface area contributed by atoms with E-state index in [2.05, 4.69) is 264 Å². The van der Waals surface area contributed by atoms with Gasteiger partial charge in [-0.2, -0.15) is 0 Å². The number of rotatable bonds is 8. The summed E-state index contributed by atoms with van der Waals surface area (Å²) in [4.78, 5) is 2.43. The first-order valence-electron chi connectivity index (χ1n) is 22.0. The van der Waals surface area contributed by atoms with Crippen molar-refractivity contribution in [3.63, 3.8) is 0 Å². The van der Waals surface area contributed by atoms with Crippen molar-refractivity contribution >= 4 is 60.4 Å². The van der Waals surface area contributed by atoms with Crippen LogP contribution in [0, 0.1) is 0 Å². The Morgan fingerprint density at radius 1 is 0.281 bits per heavy atom. The van der Waals surface area contributed by atoms with E-state index in [0.717, 1.165) is 33.9 Å². The molecule has 0 aliphatic heterocycles. The molecule has 1 aromatic heterocycles. The van der Waals surface area contributed by atoms with Crippen LogP contribution >= 0.6 is 0 Å². The molecule has 0 unspecified atom stereocenters. The molecular formula is C62H42N2. The Labute approximate surface area is 373 Å². The molecule has 1 heterocycles. The second-order valence-corrected chi connectivity index (χ2v) is 16.5. The molecule has 0 saturated carbocycles. The van der Waals surface area contributed by atoms with Crippen LogP contribution in [0.4, 0.5) is 17.1 Å². The molecule has 0 aliphatic rings. The van der Waals surface area contributed by atoms with E-state index in [-0.39, 0.29) is 0 Å². The molecule has 0 bridgehead atoms. The zero-order valence-electron chi connectivity index (χ0n) is 35.1. The highest BCUT2D eigenvalue weighted by atomic mass is 15.1. The number of hydrogen-bond donors (Lipinski definition) is 0. The van der Waals surface area contributed by atoms with Crippen LogP contribution in [-0.4, -0.2) is 4.57 Å². The first-order valence-corrected chi connectivity index (χ1v) is 22.0. The number of anilines is 3. The van der Waals surface area contributed by atoms with Crippen molar-refractivity contribution in [2.24, 2.45) is 0 Å². The maximum atomic E-state index is 2.43. The van der Waals surface area contributed by atoms with Gasteiger partial charge in [-0.05, 0) is 127 Å². The van der Waals surface area contributed by atoms with Gasteiger partial charge in [0.15, 0.2) is 0 Å². The maximum Gasteiger partial charge on any atom is 0.0547 e. The molecular weight excluding hydrogens is 773 g/mol. The van der Waals surface area contributed by atoms with Crippen molar-refractivity contribution in [3.05, 3.63) is 255 Å². The number of benzene rings is 11. The van der Waals surface area contributed by atoms with Gasteiger partial charge in [-0.15, -0.1) is 0 Å². The summed E-state index contributed by atoms with van der Waals surface area (Å²) in [7, 11) is 0. The highest BCUT2D eigenvalue weighted by Gasteiger charge is 2.20. The molecule has 0 atom stereocenters. The summed E-state index contributed by atoms with van der Waals surface area (Å²) in [5, 5.41) is 7.47. The lowest BCUT2D eigenvalue weighted by atomic mass is 9.94. The molecule has 0 N–H and O–H groups in total. The van der Waals surface area contributed by atoms with Crippen molar-refractivity contribution in [1.29, 1.82) is 0 Å². The standard InChI is InChI=1S/C62H42N2/c1-3-16-43(17-4-1)46-19-13-20-47(40-46)44-34-36-52(37-35-44)63(53-38-39-55-50(42-53)33-32-45-18-7-8-25-54(45)55)59-29-11-9-26-56(59)48-21-14-22-49(41-48)57-28-15-31-61-62(57)58-27-10-12-30-60(58)64(61)51-23-5-2-6-24-51/h1-42H. The normalized spacial score (nSPS) is 11.4. The zero-order chi connectivity index (χ0) is 42.4. The quantitative estimate of drug-likeness (QED) is 0.139. The molecule has 0 fully saturated rings. The monoisotopic (exact) mass is 814 g/mol. The van der Waals surface area contributed by atoms with Crippen molar-refractivity contribution in [2.45, 2.75) is 0 Å². The van der Waals surface area contributed by atoms with Crippen LogP contribution in [0.15, 0.2) is 255 Å². The van der Waals surface area contributed by atoms with Crippen LogP contribution in [-0.2, 0) is 0 Å². The number of fused-ring (bicyclic) bond motifs is 6. The number of nitrogens with zero attached hydrogens (tertiary/aromatic N) is 2. The van der Waals surface area contributed by atoms with Crippen LogP contribution in [0.5, 0.6) is 0 Å². The Hall–Kier alpha value is -8.46. The number of hydrogen-bond acceptors (Lipinski definition) is 1. The smallest absolute Gasteiger partial charge is 0.0547 e. The van der Waals surface area contributed by atoms with Gasteiger partial charge in [-0.1, -0.05) is 188 Å². The SMILES string of the molecule is c1ccc(-c2cccc(-c3ccc(N(c4ccc5c(ccc6ccccc65)c4)c4ccccc4-c4cccc(-c5cccc6c5c5ccccc5n6-c5ccccc5)c4)cc3)c2)cc1. The van der Waals surface area contributed by atoms with E-state index in [9.17, 15) is 0 Å². The van der Waals surface area contributed by atoms with E-state index < -0.39 is 0 Å². The fourth-order valence-electron chi connectivity index (χ4n) is 9.76. The van der Waals surface area contributed by atoms with Gasteiger partial charge in [0.25, 0.3) is 0 Å².